The predicted octanol–water partition coefficient (Wildman–Crippen LogP) is 0.204. The third-order valence-electron chi connectivity index (χ3n) is 2.70. The first-order valence-corrected chi connectivity index (χ1v) is 5.47. The molecular formula is C10H18N2O3. The van der Waals surface area contributed by atoms with Crippen molar-refractivity contribution in [3.63, 3.8) is 0 Å². The molecule has 2 unspecified atom stereocenters. The Kier molecular flexibility index (Phi) is 3.11. The summed E-state index contributed by atoms with van der Waals surface area (Å²) in [5, 5.41) is 3.34. The molecule has 2 saturated heterocycles. The molecule has 2 atom stereocenters. The molecule has 0 aromatic carbocycles. The maximum atomic E-state index is 11.6. The summed E-state index contributed by atoms with van der Waals surface area (Å²) in [6.07, 6.45) is -0.155. The Morgan fingerprint density at radius 3 is 3.00 bits per heavy atom. The third-order valence-corrected chi connectivity index (χ3v) is 2.70. The molecule has 2 rings (SSSR count). The van der Waals surface area contributed by atoms with Crippen molar-refractivity contribution in [3.8, 4) is 0 Å². The van der Waals surface area contributed by atoms with Crippen molar-refractivity contribution in [2.75, 3.05) is 26.2 Å². The Bertz CT molecular complexity index is 231. The summed E-state index contributed by atoms with van der Waals surface area (Å²) in [5.41, 5.74) is 0. The van der Waals surface area contributed by atoms with Crippen LogP contribution in [0.5, 0.6) is 0 Å². The van der Waals surface area contributed by atoms with Gasteiger partial charge in [0.15, 0.2) is 0 Å². The van der Waals surface area contributed by atoms with E-state index < -0.39 is 0 Å². The van der Waals surface area contributed by atoms with Crippen molar-refractivity contribution in [2.45, 2.75) is 32.1 Å². The largest absolute Gasteiger partial charge is 0.447 e. The van der Waals surface area contributed by atoms with Crippen LogP contribution in [0, 0.1) is 0 Å². The number of carbonyl (C=O) groups is 1. The van der Waals surface area contributed by atoms with E-state index in [1.165, 1.54) is 0 Å². The van der Waals surface area contributed by atoms with Gasteiger partial charge >= 0.3 is 6.09 Å². The first kappa shape index (κ1) is 10.7. The highest BCUT2D eigenvalue weighted by molar-refractivity contribution is 5.68. The fourth-order valence-electron chi connectivity index (χ4n) is 2.02. The van der Waals surface area contributed by atoms with Crippen molar-refractivity contribution >= 4 is 6.09 Å². The monoisotopic (exact) mass is 214 g/mol. The number of amides is 1. The fraction of sp³-hybridized carbons (Fsp3) is 0.900. The zero-order chi connectivity index (χ0) is 10.8. The zero-order valence-corrected chi connectivity index (χ0v) is 9.23. The van der Waals surface area contributed by atoms with E-state index in [4.69, 9.17) is 9.47 Å². The lowest BCUT2D eigenvalue weighted by Crippen LogP contribution is -2.47. The number of rotatable bonds is 1. The van der Waals surface area contributed by atoms with Gasteiger partial charge in [0.1, 0.15) is 0 Å². The topological polar surface area (TPSA) is 50.8 Å². The van der Waals surface area contributed by atoms with Gasteiger partial charge in [-0.25, -0.2) is 4.79 Å². The summed E-state index contributed by atoms with van der Waals surface area (Å²) in [4.78, 5) is 13.3. The molecule has 0 saturated carbocycles. The van der Waals surface area contributed by atoms with E-state index in [-0.39, 0.29) is 24.3 Å². The highest BCUT2D eigenvalue weighted by Gasteiger charge is 2.38. The molecule has 5 heteroatoms. The van der Waals surface area contributed by atoms with Crippen molar-refractivity contribution in [3.05, 3.63) is 0 Å². The molecule has 0 aromatic heterocycles. The van der Waals surface area contributed by atoms with Gasteiger partial charge in [0.2, 0.25) is 0 Å². The normalized spacial score (nSPS) is 30.5. The number of ether oxygens (including phenoxy) is 2. The van der Waals surface area contributed by atoms with Crippen LogP contribution in [0.15, 0.2) is 0 Å². The lowest BCUT2D eigenvalue weighted by atomic mass is 10.2. The van der Waals surface area contributed by atoms with E-state index in [2.05, 4.69) is 5.32 Å². The van der Waals surface area contributed by atoms with Crippen LogP contribution in [0.1, 0.15) is 13.8 Å². The van der Waals surface area contributed by atoms with Gasteiger partial charge in [-0.3, -0.25) is 0 Å². The number of hydrogen-bond acceptors (Lipinski definition) is 4. The molecule has 2 aliphatic rings. The van der Waals surface area contributed by atoms with E-state index in [9.17, 15) is 4.79 Å². The number of likely N-dealkylation sites (tertiary alicyclic amines) is 1. The highest BCUT2D eigenvalue weighted by atomic mass is 16.6. The van der Waals surface area contributed by atoms with Crippen LogP contribution in [0.25, 0.3) is 0 Å². The second kappa shape index (κ2) is 4.37. The molecule has 0 bridgehead atoms. The minimum atomic E-state index is -0.232. The molecule has 2 fully saturated rings. The first-order valence-electron chi connectivity index (χ1n) is 5.47. The molecule has 0 aliphatic carbocycles. The van der Waals surface area contributed by atoms with Gasteiger partial charge < -0.3 is 19.7 Å². The van der Waals surface area contributed by atoms with Crippen molar-refractivity contribution in [1.29, 1.82) is 0 Å². The molecule has 15 heavy (non-hydrogen) atoms. The zero-order valence-electron chi connectivity index (χ0n) is 9.23. The van der Waals surface area contributed by atoms with Crippen LogP contribution in [0.3, 0.4) is 0 Å². The molecule has 0 spiro atoms. The van der Waals surface area contributed by atoms with Gasteiger partial charge in [-0.15, -0.1) is 0 Å². The maximum absolute atomic E-state index is 11.6. The van der Waals surface area contributed by atoms with Crippen molar-refractivity contribution in [2.24, 2.45) is 0 Å². The Morgan fingerprint density at radius 2 is 2.33 bits per heavy atom. The Balaban J connectivity index is 1.88. The smallest absolute Gasteiger partial charge is 0.410 e. The van der Waals surface area contributed by atoms with Crippen LogP contribution in [0.4, 0.5) is 4.79 Å². The maximum Gasteiger partial charge on any atom is 0.410 e. The first-order chi connectivity index (χ1) is 7.16. The standard InChI is InChI=1S/C10H18N2O3/c1-7(2)15-10(13)12-5-8-9(6-12)14-4-3-11-8/h7-9,11H,3-6H2,1-2H3. The summed E-state index contributed by atoms with van der Waals surface area (Å²) in [5.74, 6) is 0. The summed E-state index contributed by atoms with van der Waals surface area (Å²) in [7, 11) is 0. The molecule has 5 nitrogen and oxygen atoms in total. The molecule has 0 aromatic rings. The minimum Gasteiger partial charge on any atom is -0.447 e. The van der Waals surface area contributed by atoms with Crippen LogP contribution in [-0.4, -0.2) is 55.5 Å². The van der Waals surface area contributed by atoms with Gasteiger partial charge in [0.05, 0.1) is 31.4 Å². The van der Waals surface area contributed by atoms with E-state index >= 15 is 0 Å². The lowest BCUT2D eigenvalue weighted by molar-refractivity contribution is 0.0165. The van der Waals surface area contributed by atoms with Crippen LogP contribution >= 0.6 is 0 Å². The number of fused-ring (bicyclic) bond motifs is 1. The summed E-state index contributed by atoms with van der Waals surface area (Å²) >= 11 is 0. The van der Waals surface area contributed by atoms with E-state index in [0.717, 1.165) is 13.2 Å². The molecule has 1 amide bonds. The Morgan fingerprint density at radius 1 is 1.53 bits per heavy atom. The van der Waals surface area contributed by atoms with Crippen LogP contribution in [-0.2, 0) is 9.47 Å². The van der Waals surface area contributed by atoms with Gasteiger partial charge in [-0.05, 0) is 13.8 Å². The highest BCUT2D eigenvalue weighted by Crippen LogP contribution is 2.17. The van der Waals surface area contributed by atoms with Gasteiger partial charge in [-0.2, -0.15) is 0 Å². The molecule has 86 valence electrons. The Labute approximate surface area is 89.7 Å². The molecule has 1 N–H and O–H groups in total. The molecular weight excluding hydrogens is 196 g/mol. The summed E-state index contributed by atoms with van der Waals surface area (Å²) in [6.45, 7) is 6.65. The summed E-state index contributed by atoms with van der Waals surface area (Å²) in [6, 6.07) is 0.276. The van der Waals surface area contributed by atoms with E-state index in [1.807, 2.05) is 13.8 Å². The molecule has 0 radical (unpaired) electrons. The van der Waals surface area contributed by atoms with E-state index in [0.29, 0.717) is 13.1 Å². The number of carbonyl (C=O) groups excluding carboxylic acids is 1. The molecule has 2 heterocycles. The summed E-state index contributed by atoms with van der Waals surface area (Å²) < 4.78 is 10.7. The second-order valence-electron chi connectivity index (χ2n) is 4.31. The average Bonchev–Trinajstić information content (AvgIpc) is 2.59. The average molecular weight is 214 g/mol. The number of hydrogen-bond donors (Lipinski definition) is 1. The quantitative estimate of drug-likeness (QED) is 0.677. The van der Waals surface area contributed by atoms with E-state index in [1.54, 1.807) is 4.90 Å². The van der Waals surface area contributed by atoms with Crippen LogP contribution in [0.2, 0.25) is 0 Å². The van der Waals surface area contributed by atoms with Crippen LogP contribution < -0.4 is 5.32 Å². The van der Waals surface area contributed by atoms with Gasteiger partial charge in [0, 0.05) is 13.1 Å². The number of nitrogens with one attached hydrogen (secondary N) is 1. The minimum absolute atomic E-state index is 0.0611. The number of morpholine rings is 1. The lowest BCUT2D eigenvalue weighted by Gasteiger charge is -2.25. The molecule has 2 aliphatic heterocycles. The third kappa shape index (κ3) is 2.41. The van der Waals surface area contributed by atoms with Crippen molar-refractivity contribution in [1.82, 2.24) is 10.2 Å². The second-order valence-corrected chi connectivity index (χ2v) is 4.31. The van der Waals surface area contributed by atoms with Gasteiger partial charge in [0.25, 0.3) is 0 Å². The van der Waals surface area contributed by atoms with Crippen molar-refractivity contribution < 1.29 is 14.3 Å². The number of nitrogens with zero attached hydrogens (tertiary/aromatic N) is 1. The predicted molar refractivity (Wildman–Crippen MR) is 54.7 cm³/mol. The van der Waals surface area contributed by atoms with Gasteiger partial charge in [-0.1, -0.05) is 0 Å². The fourth-order valence-corrected chi connectivity index (χ4v) is 2.02. The SMILES string of the molecule is CC(C)OC(=O)N1CC2NCCOC2C1. The Hall–Kier alpha value is -0.810.